The minimum Gasteiger partial charge on any atom is -0.481 e. The molecule has 3 aliphatic carbocycles. The Labute approximate surface area is 364 Å². The number of rotatable bonds is 8. The van der Waals surface area contributed by atoms with E-state index in [2.05, 4.69) is 55.4 Å². The summed E-state index contributed by atoms with van der Waals surface area (Å²) in [5, 5.41) is 16.5. The smallest absolute Gasteiger partial charge is 0.373 e. The van der Waals surface area contributed by atoms with Crippen LogP contribution in [0.15, 0.2) is 117 Å². The number of amides is 1. The molecule has 7 aromatic rings. The van der Waals surface area contributed by atoms with Gasteiger partial charge in [0, 0.05) is 62.2 Å². The average molecular weight is 877 g/mol. The van der Waals surface area contributed by atoms with Crippen LogP contribution in [0.25, 0.3) is 22.4 Å². The third kappa shape index (κ3) is 15.7. The maximum atomic E-state index is 13.4. The molecule has 3 aromatic carbocycles. The molecule has 17 nitrogen and oxygen atoms in total. The van der Waals surface area contributed by atoms with Crippen LogP contribution in [0.3, 0.4) is 0 Å². The van der Waals surface area contributed by atoms with Gasteiger partial charge in [0.2, 0.25) is 0 Å². The van der Waals surface area contributed by atoms with Crippen molar-refractivity contribution in [3.05, 3.63) is 140 Å². The van der Waals surface area contributed by atoms with E-state index in [1.54, 1.807) is 55.1 Å². The minimum absolute atomic E-state index is 0.231. The molecule has 3 aliphatic rings. The van der Waals surface area contributed by atoms with Crippen LogP contribution < -0.4 is 21.7 Å². The molecule has 6 N–H and O–H groups in total. The van der Waals surface area contributed by atoms with Crippen LogP contribution in [0.1, 0.15) is 61.8 Å². The highest BCUT2D eigenvalue weighted by atomic mass is 19.1. The van der Waals surface area contributed by atoms with Gasteiger partial charge >= 0.3 is 6.15 Å². The highest BCUT2D eigenvalue weighted by Crippen LogP contribution is 2.41. The third-order valence-corrected chi connectivity index (χ3v) is 8.80. The summed E-state index contributed by atoms with van der Waals surface area (Å²) < 4.78 is 41.6. The summed E-state index contributed by atoms with van der Waals surface area (Å²) in [5.74, 6) is -1.15. The van der Waals surface area contributed by atoms with Crippen molar-refractivity contribution in [1.29, 1.82) is 0 Å². The van der Waals surface area contributed by atoms with E-state index in [1.807, 2.05) is 0 Å². The van der Waals surface area contributed by atoms with Crippen molar-refractivity contribution in [3.8, 4) is 11.4 Å². The van der Waals surface area contributed by atoms with Gasteiger partial charge in [-0.2, -0.15) is 9.59 Å². The number of fused-ring (bicyclic) bond motifs is 1. The van der Waals surface area contributed by atoms with Crippen LogP contribution in [0.2, 0.25) is 0 Å². The number of carbonyl (C=O) groups excluding carboxylic acids is 3. The quantitative estimate of drug-likeness (QED) is 0.0935. The number of carboxylic acids is 1. The van der Waals surface area contributed by atoms with Gasteiger partial charge in [-0.05, 0) is 99.2 Å². The second kappa shape index (κ2) is 23.8. The fraction of sp³-hybridized carbons (Fsp3) is 0.227. The second-order valence-electron chi connectivity index (χ2n) is 14.1. The number of nitrogens with zero attached hydrogens (tertiary/aromatic N) is 8. The molecule has 0 bridgehead atoms. The number of nitrogens with one attached hydrogen (secondary N) is 3. The number of halogens is 3. The fourth-order valence-corrected chi connectivity index (χ4v) is 5.54. The summed E-state index contributed by atoms with van der Waals surface area (Å²) in [4.78, 5) is 64.9. The normalized spacial score (nSPS) is 13.1. The predicted octanol–water partition coefficient (Wildman–Crippen LogP) is 7.38. The maximum Gasteiger partial charge on any atom is 0.373 e. The topological polar surface area (TPSA) is 246 Å². The molecule has 0 radical (unpaired) electrons. The van der Waals surface area contributed by atoms with Gasteiger partial charge in [0.1, 0.15) is 42.3 Å². The monoisotopic (exact) mass is 876 g/mol. The van der Waals surface area contributed by atoms with Crippen molar-refractivity contribution < 1.29 is 37.5 Å². The Morgan fingerprint density at radius 1 is 0.703 bits per heavy atom. The van der Waals surface area contributed by atoms with E-state index in [9.17, 15) is 18.0 Å². The molecule has 0 atom stereocenters. The first kappa shape index (κ1) is 46.9. The summed E-state index contributed by atoms with van der Waals surface area (Å²) in [7, 11) is 0. The van der Waals surface area contributed by atoms with Crippen LogP contribution in [-0.4, -0.2) is 74.7 Å². The molecule has 0 saturated heterocycles. The van der Waals surface area contributed by atoms with Crippen molar-refractivity contribution >= 4 is 51.8 Å². The van der Waals surface area contributed by atoms with Gasteiger partial charge in [-0.3, -0.25) is 9.59 Å². The van der Waals surface area contributed by atoms with Gasteiger partial charge in [0.25, 0.3) is 11.9 Å². The largest absolute Gasteiger partial charge is 0.481 e. The van der Waals surface area contributed by atoms with Gasteiger partial charge in [-0.25, -0.2) is 48.1 Å². The van der Waals surface area contributed by atoms with Gasteiger partial charge in [0.05, 0.1) is 44.9 Å². The Morgan fingerprint density at radius 3 is 1.73 bits per heavy atom. The molecule has 20 heteroatoms. The number of hydrogen-bond acceptors (Lipinski definition) is 14. The Morgan fingerprint density at radius 2 is 1.20 bits per heavy atom. The number of benzene rings is 3. The molecule has 3 saturated carbocycles. The van der Waals surface area contributed by atoms with Crippen molar-refractivity contribution in [1.82, 2.24) is 39.5 Å². The summed E-state index contributed by atoms with van der Waals surface area (Å²) >= 11 is 0. The Balaban J connectivity index is 0.000000162. The number of carbonyl (C=O) groups is 2. The molecule has 10 rings (SSSR count). The lowest BCUT2D eigenvalue weighted by Crippen LogP contribution is -2.14. The number of aliphatic carboxylic acids is 1. The van der Waals surface area contributed by atoms with Crippen LogP contribution in [0.4, 0.5) is 35.9 Å². The molecule has 4 heterocycles. The summed E-state index contributed by atoms with van der Waals surface area (Å²) in [6.45, 7) is 1.08. The highest BCUT2D eigenvalue weighted by Gasteiger charge is 2.29. The molecule has 330 valence electrons. The van der Waals surface area contributed by atoms with Crippen molar-refractivity contribution in [2.75, 3.05) is 21.7 Å². The van der Waals surface area contributed by atoms with E-state index in [-0.39, 0.29) is 29.5 Å². The molecule has 0 spiro atoms. The van der Waals surface area contributed by atoms with Crippen LogP contribution in [0.5, 0.6) is 0 Å². The number of carboxylic acid groups (broad SMARTS) is 1. The second-order valence-corrected chi connectivity index (χ2v) is 14.1. The van der Waals surface area contributed by atoms with Crippen molar-refractivity contribution in [3.63, 3.8) is 0 Å². The molecule has 4 aromatic heterocycles. The Bertz CT molecular complexity index is 2580. The SMILES string of the molecule is CC(=O)O.Fc1ccc2nc(-c3cncnc3)n(C3CC3)c2c1.Nc1ccc(F)cc1NC1CC1.O=C(Nc1ccc(F)cc1NC1CC1)c1cncnc1.O=C=O.c1cncnc1. The lowest BCUT2D eigenvalue weighted by atomic mass is 10.2. The number of anilines is 4. The van der Waals surface area contributed by atoms with E-state index in [4.69, 9.17) is 25.2 Å². The highest BCUT2D eigenvalue weighted by molar-refractivity contribution is 6.05. The van der Waals surface area contributed by atoms with Gasteiger partial charge < -0.3 is 31.4 Å². The number of nitrogen functional groups attached to an aromatic ring is 1. The fourth-order valence-electron chi connectivity index (χ4n) is 5.54. The van der Waals surface area contributed by atoms with E-state index >= 15 is 0 Å². The van der Waals surface area contributed by atoms with Crippen molar-refractivity contribution in [2.45, 2.75) is 63.6 Å². The zero-order chi connectivity index (χ0) is 45.8. The molecule has 0 aliphatic heterocycles. The summed E-state index contributed by atoms with van der Waals surface area (Å²) in [5.41, 5.74) is 11.0. The Kier molecular flexibility index (Phi) is 17.4. The molecule has 0 unspecified atom stereocenters. The van der Waals surface area contributed by atoms with Crippen LogP contribution in [-0.2, 0) is 14.4 Å². The van der Waals surface area contributed by atoms with E-state index in [1.165, 1.54) is 61.7 Å². The first-order valence-corrected chi connectivity index (χ1v) is 19.7. The van der Waals surface area contributed by atoms with Gasteiger partial charge in [-0.15, -0.1) is 0 Å². The van der Waals surface area contributed by atoms with Gasteiger partial charge in [0.15, 0.2) is 0 Å². The van der Waals surface area contributed by atoms with Crippen LogP contribution in [0, 0.1) is 17.5 Å². The zero-order valence-electron chi connectivity index (χ0n) is 34.3. The molecule has 3 fully saturated rings. The third-order valence-electron chi connectivity index (χ3n) is 8.80. The number of imidazole rings is 1. The predicted molar refractivity (Wildman–Crippen MR) is 230 cm³/mol. The molecule has 1 amide bonds. The van der Waals surface area contributed by atoms with E-state index < -0.39 is 5.97 Å². The number of nitrogens with two attached hydrogens (primary N) is 1. The molecular weight excluding hydrogens is 834 g/mol. The lowest BCUT2D eigenvalue weighted by Gasteiger charge is -2.12. The summed E-state index contributed by atoms with van der Waals surface area (Å²) in [6.07, 6.45) is 21.0. The lowest BCUT2D eigenvalue weighted by molar-refractivity contribution is -0.191. The summed E-state index contributed by atoms with van der Waals surface area (Å²) in [6, 6.07) is 16.4. The first-order valence-electron chi connectivity index (χ1n) is 19.7. The zero-order valence-corrected chi connectivity index (χ0v) is 34.3. The number of aromatic nitrogens is 8. The first-order chi connectivity index (χ1) is 30.9. The van der Waals surface area contributed by atoms with Crippen molar-refractivity contribution in [2.24, 2.45) is 0 Å². The van der Waals surface area contributed by atoms with E-state index in [0.29, 0.717) is 40.8 Å². The van der Waals surface area contributed by atoms with Crippen LogP contribution >= 0.6 is 0 Å². The Hall–Kier alpha value is -8.12. The standard InChI is InChI=1S/C14H13FN4O.C14H11FN4.C9H11FN2.C4H4N2.C2H4O2.CO2/c15-10-1-4-12(13(5-10)18-11-2-3-11)19-14(20)9-6-16-8-17-7-9;15-10-1-4-12-13(5-10)19(11-2-3-11)14(18-12)9-6-16-8-17-7-9;10-6-1-4-8(11)9(5-6)12-7-2-3-7;1-2-5-4-6-3-1;1-2(3)4;2-1-3/h1,4-8,11,18H,2-3H2,(H,19,20);1,4-8,11H,2-3H2;1,4-5,7,12H,2-3,11H2;1-4H;1H3,(H,3,4);. The average Bonchev–Trinajstić information content (AvgIpc) is 4.18. The van der Waals surface area contributed by atoms with E-state index in [0.717, 1.165) is 73.6 Å². The number of hydrogen-bond donors (Lipinski definition) is 5. The molecule has 64 heavy (non-hydrogen) atoms. The molecular formula is C44H43F3N12O5. The maximum absolute atomic E-state index is 13.4. The van der Waals surface area contributed by atoms with Gasteiger partial charge in [-0.1, -0.05) is 0 Å². The minimum atomic E-state index is -0.833.